The Labute approximate surface area is 581 Å². The maximum atomic E-state index is 13.1. The molecule has 0 fully saturated rings. The van der Waals surface area contributed by atoms with Crippen LogP contribution in [0.2, 0.25) is 0 Å². The average Bonchev–Trinajstić information content (AvgIpc) is 1.46. The molecule has 0 aromatic carbocycles. The monoisotopic (exact) mass is 1400 g/mol. The van der Waals surface area contributed by atoms with Gasteiger partial charge in [0.05, 0.1) is 26.4 Å². The number of aliphatic hydroxyl groups excluding tert-OH is 1. The molecular weight excluding hydrogens is 1250 g/mol. The molecule has 95 heavy (non-hydrogen) atoms. The van der Waals surface area contributed by atoms with E-state index in [0.29, 0.717) is 25.7 Å². The van der Waals surface area contributed by atoms with E-state index >= 15 is 0 Å². The van der Waals surface area contributed by atoms with Crippen molar-refractivity contribution in [3.05, 3.63) is 0 Å². The molecule has 0 aromatic heterocycles. The zero-order chi connectivity index (χ0) is 70.3. The number of unbranched alkanes of at least 4 members (excludes halogenated alkanes) is 38. The number of hydrogen-bond acceptors (Lipinski definition) is 15. The number of aliphatic hydroxyl groups is 1. The normalized spacial score (nSPS) is 14.4. The van der Waals surface area contributed by atoms with Crippen LogP contribution in [-0.2, 0) is 65.4 Å². The van der Waals surface area contributed by atoms with Crippen molar-refractivity contribution in [1.29, 1.82) is 0 Å². The second kappa shape index (κ2) is 65.4. The van der Waals surface area contributed by atoms with Crippen molar-refractivity contribution in [2.75, 3.05) is 39.6 Å². The molecule has 0 amide bonds. The van der Waals surface area contributed by atoms with Crippen LogP contribution in [-0.4, -0.2) is 96.7 Å². The van der Waals surface area contributed by atoms with Crippen LogP contribution >= 0.6 is 15.6 Å². The number of rotatable bonds is 73. The quantitative estimate of drug-likeness (QED) is 0.0222. The first-order valence-corrected chi connectivity index (χ1v) is 42.2. The summed E-state index contributed by atoms with van der Waals surface area (Å²) in [7, 11) is -9.91. The van der Waals surface area contributed by atoms with E-state index in [-0.39, 0.29) is 25.7 Å². The standard InChI is InChI=1S/C76H148O17P2/c1-9-69(8)55-47-39-34-35-41-49-57-74(79)87-63-72(93-76(81)59-51-43-33-25-21-17-13-11-15-19-23-29-37-45-53-67(4)5)65-91-95(84,85)89-61-70(77)60-88-94(82,83)90-64-71(62-86-73(78)56-48-40-31-27-26-30-38-46-54-68(6)7)92-75(80)58-50-42-32-24-20-16-12-10-14-18-22-28-36-44-52-66(2)3/h66-72,77H,9-65H2,1-8H3,(H,82,83)(H,84,85)/t69?,70-,71-,72-/m1/s1. The van der Waals surface area contributed by atoms with Gasteiger partial charge < -0.3 is 33.8 Å². The average molecular weight is 1400 g/mol. The number of esters is 4. The lowest BCUT2D eigenvalue weighted by atomic mass is 10.00. The van der Waals surface area contributed by atoms with E-state index in [2.05, 4.69) is 55.4 Å². The Bertz CT molecular complexity index is 1870. The summed E-state index contributed by atoms with van der Waals surface area (Å²) in [5.41, 5.74) is 0. The van der Waals surface area contributed by atoms with Crippen molar-refractivity contribution in [3.8, 4) is 0 Å². The summed E-state index contributed by atoms with van der Waals surface area (Å²) in [5, 5.41) is 10.6. The van der Waals surface area contributed by atoms with Crippen molar-refractivity contribution in [3.63, 3.8) is 0 Å². The van der Waals surface area contributed by atoms with Crippen molar-refractivity contribution in [1.82, 2.24) is 0 Å². The van der Waals surface area contributed by atoms with Crippen LogP contribution in [0.5, 0.6) is 0 Å². The molecule has 0 aromatic rings. The zero-order valence-corrected chi connectivity index (χ0v) is 64.1. The van der Waals surface area contributed by atoms with Gasteiger partial charge in [-0.25, -0.2) is 9.13 Å². The van der Waals surface area contributed by atoms with Crippen molar-refractivity contribution < 1.29 is 80.2 Å². The Morgan fingerprint density at radius 3 is 0.747 bits per heavy atom. The third-order valence-electron chi connectivity index (χ3n) is 17.9. The number of carbonyl (C=O) groups is 4. The summed E-state index contributed by atoms with van der Waals surface area (Å²) < 4.78 is 68.5. The fraction of sp³-hybridized carbons (Fsp3) is 0.947. The van der Waals surface area contributed by atoms with Crippen LogP contribution in [0, 0.1) is 23.7 Å². The summed E-state index contributed by atoms with van der Waals surface area (Å²) >= 11 is 0. The molecule has 19 heteroatoms. The molecule has 0 heterocycles. The Morgan fingerprint density at radius 2 is 0.505 bits per heavy atom. The maximum absolute atomic E-state index is 13.1. The highest BCUT2D eigenvalue weighted by molar-refractivity contribution is 7.47. The fourth-order valence-electron chi connectivity index (χ4n) is 11.5. The zero-order valence-electron chi connectivity index (χ0n) is 62.3. The molecule has 0 saturated carbocycles. The summed E-state index contributed by atoms with van der Waals surface area (Å²) in [6.45, 7) is 14.2. The first-order chi connectivity index (χ1) is 45.6. The molecule has 0 rings (SSSR count). The van der Waals surface area contributed by atoms with Gasteiger partial charge in [-0.2, -0.15) is 0 Å². The SMILES string of the molecule is CCC(C)CCCCCCCCC(=O)OC[C@H](COP(=O)(O)OC[C@H](O)COP(=O)(O)OC[C@@H](COC(=O)CCCCCCCCCCC(C)C)OC(=O)CCCCCCCCCCCCCCCCC(C)C)OC(=O)CCCCCCCCCCCCCCCCC(C)C. The maximum Gasteiger partial charge on any atom is 0.472 e. The first-order valence-electron chi connectivity index (χ1n) is 39.2. The molecule has 6 atom stereocenters. The third kappa shape index (κ3) is 69.0. The van der Waals surface area contributed by atoms with Crippen molar-refractivity contribution in [2.24, 2.45) is 23.7 Å². The van der Waals surface area contributed by atoms with Gasteiger partial charge in [0.25, 0.3) is 0 Å². The van der Waals surface area contributed by atoms with Crippen molar-refractivity contribution >= 4 is 39.5 Å². The van der Waals surface area contributed by atoms with Gasteiger partial charge in [-0.3, -0.25) is 37.3 Å². The topological polar surface area (TPSA) is 237 Å². The fourth-order valence-corrected chi connectivity index (χ4v) is 13.1. The molecule has 0 aliphatic carbocycles. The molecule has 3 unspecified atom stereocenters. The van der Waals surface area contributed by atoms with Gasteiger partial charge in [0, 0.05) is 25.7 Å². The van der Waals surface area contributed by atoms with Crippen LogP contribution in [0.4, 0.5) is 0 Å². The van der Waals surface area contributed by atoms with E-state index in [4.69, 9.17) is 37.0 Å². The van der Waals surface area contributed by atoms with E-state index in [1.54, 1.807) is 0 Å². The lowest BCUT2D eigenvalue weighted by Gasteiger charge is -2.21. The number of phosphoric ester groups is 2. The predicted molar refractivity (Wildman–Crippen MR) is 386 cm³/mol. The lowest BCUT2D eigenvalue weighted by molar-refractivity contribution is -0.161. The predicted octanol–water partition coefficient (Wildman–Crippen LogP) is 22.0. The van der Waals surface area contributed by atoms with Gasteiger partial charge in [0.1, 0.15) is 19.3 Å². The van der Waals surface area contributed by atoms with Crippen LogP contribution in [0.15, 0.2) is 0 Å². The second-order valence-electron chi connectivity index (χ2n) is 29.1. The van der Waals surface area contributed by atoms with Crippen LogP contribution in [0.1, 0.15) is 383 Å². The first kappa shape index (κ1) is 93.1. The molecule has 0 aliphatic rings. The number of hydrogen-bond donors (Lipinski definition) is 3. The van der Waals surface area contributed by atoms with E-state index in [1.807, 2.05) is 0 Å². The van der Waals surface area contributed by atoms with Crippen molar-refractivity contribution in [2.45, 2.75) is 401 Å². The molecule has 0 spiro atoms. The van der Waals surface area contributed by atoms with E-state index < -0.39 is 97.5 Å². The Hall–Kier alpha value is -1.94. The van der Waals surface area contributed by atoms with Gasteiger partial charge in [0.15, 0.2) is 12.2 Å². The largest absolute Gasteiger partial charge is 0.472 e. The molecule has 0 bridgehead atoms. The van der Waals surface area contributed by atoms with E-state index in [0.717, 1.165) is 120 Å². The van der Waals surface area contributed by atoms with Crippen LogP contribution in [0.3, 0.4) is 0 Å². The third-order valence-corrected chi connectivity index (χ3v) is 19.8. The van der Waals surface area contributed by atoms with E-state index in [9.17, 15) is 43.2 Å². The van der Waals surface area contributed by atoms with E-state index in [1.165, 1.54) is 180 Å². The summed E-state index contributed by atoms with van der Waals surface area (Å²) in [6, 6.07) is 0. The molecule has 564 valence electrons. The number of carbonyl (C=O) groups excluding carboxylic acids is 4. The number of phosphoric acid groups is 2. The summed E-state index contributed by atoms with van der Waals surface area (Å²) in [5.74, 6) is 0.925. The Kier molecular flexibility index (Phi) is 64.0. The van der Waals surface area contributed by atoms with Crippen LogP contribution in [0.25, 0.3) is 0 Å². The molecular formula is C76H148O17P2. The minimum atomic E-state index is -4.96. The molecule has 0 saturated heterocycles. The summed E-state index contributed by atoms with van der Waals surface area (Å²) in [6.07, 6.45) is 50.0. The lowest BCUT2D eigenvalue weighted by Crippen LogP contribution is -2.30. The van der Waals surface area contributed by atoms with Gasteiger partial charge >= 0.3 is 39.5 Å². The van der Waals surface area contributed by atoms with Gasteiger partial charge in [-0.05, 0) is 49.4 Å². The van der Waals surface area contributed by atoms with Gasteiger partial charge in [0.2, 0.25) is 0 Å². The molecule has 0 radical (unpaired) electrons. The highest BCUT2D eigenvalue weighted by atomic mass is 31.2. The highest BCUT2D eigenvalue weighted by Crippen LogP contribution is 2.45. The Balaban J connectivity index is 5.23. The smallest absolute Gasteiger partial charge is 0.462 e. The number of ether oxygens (including phenoxy) is 4. The summed E-state index contributed by atoms with van der Waals surface area (Å²) in [4.78, 5) is 72.8. The van der Waals surface area contributed by atoms with Gasteiger partial charge in [-0.15, -0.1) is 0 Å². The highest BCUT2D eigenvalue weighted by Gasteiger charge is 2.30. The van der Waals surface area contributed by atoms with Crippen LogP contribution < -0.4 is 0 Å². The minimum Gasteiger partial charge on any atom is -0.462 e. The molecule has 3 N–H and O–H groups in total. The molecule has 17 nitrogen and oxygen atoms in total. The minimum absolute atomic E-state index is 0.106. The van der Waals surface area contributed by atoms with Gasteiger partial charge in [-0.1, -0.05) is 331 Å². The Morgan fingerprint density at radius 1 is 0.295 bits per heavy atom. The second-order valence-corrected chi connectivity index (χ2v) is 32.0. The molecule has 0 aliphatic heterocycles.